The van der Waals surface area contributed by atoms with Crippen LogP contribution in [0.3, 0.4) is 0 Å². The maximum Gasteiger partial charge on any atom is 0.170 e. The van der Waals surface area contributed by atoms with Crippen molar-refractivity contribution in [3.05, 3.63) is 12.2 Å². The molecule has 0 aliphatic carbocycles. The van der Waals surface area contributed by atoms with Crippen LogP contribution in [0.4, 0.5) is 0 Å². The topological polar surface area (TPSA) is 41.1 Å². The van der Waals surface area contributed by atoms with Crippen LogP contribution in [0.25, 0.3) is 0 Å². The molecule has 0 amide bonds. The average Bonchev–Trinajstić information content (AvgIpc) is 1.94. The molecule has 8 heavy (non-hydrogen) atoms. The van der Waals surface area contributed by atoms with Crippen LogP contribution in [-0.2, 0) is 4.79 Å². The lowest BCUT2D eigenvalue weighted by Crippen LogP contribution is -2.33. The average molecular weight is 112 g/mol. The second-order valence-electron chi connectivity index (χ2n) is 1.60. The Morgan fingerprint density at radius 2 is 2.38 bits per heavy atom. The number of ketones is 1. The van der Waals surface area contributed by atoms with Gasteiger partial charge in [0.1, 0.15) is 0 Å². The van der Waals surface area contributed by atoms with Crippen molar-refractivity contribution >= 4 is 5.78 Å². The highest BCUT2D eigenvalue weighted by atomic mass is 16.1. The van der Waals surface area contributed by atoms with Gasteiger partial charge in [-0.05, 0) is 6.08 Å². The smallest absolute Gasteiger partial charge is 0.170 e. The van der Waals surface area contributed by atoms with Crippen molar-refractivity contribution in [3.63, 3.8) is 0 Å². The van der Waals surface area contributed by atoms with Gasteiger partial charge in [0.15, 0.2) is 5.78 Å². The molecule has 0 unspecified atom stereocenters. The van der Waals surface area contributed by atoms with E-state index >= 15 is 0 Å². The largest absolute Gasteiger partial charge is 0.293 e. The number of rotatable bonds is 0. The van der Waals surface area contributed by atoms with Gasteiger partial charge in [-0.2, -0.15) is 0 Å². The van der Waals surface area contributed by atoms with Gasteiger partial charge in [0.05, 0.1) is 6.54 Å². The van der Waals surface area contributed by atoms with Crippen LogP contribution in [0.2, 0.25) is 0 Å². The zero-order chi connectivity index (χ0) is 5.82. The standard InChI is InChI=1S/C5H8N2O/c8-5-2-1-3-6-7-4-5/h1-2,6-7H,3-4H2. The first-order valence-corrected chi connectivity index (χ1v) is 2.55. The Balaban J connectivity index is 2.44. The van der Waals surface area contributed by atoms with Crippen molar-refractivity contribution in [1.82, 2.24) is 10.9 Å². The van der Waals surface area contributed by atoms with Crippen LogP contribution in [0.1, 0.15) is 0 Å². The Hall–Kier alpha value is -0.670. The summed E-state index contributed by atoms with van der Waals surface area (Å²) in [5, 5.41) is 0. The van der Waals surface area contributed by atoms with E-state index < -0.39 is 0 Å². The second kappa shape index (κ2) is 2.59. The molecule has 1 aliphatic rings. The molecular formula is C5H8N2O. The summed E-state index contributed by atoms with van der Waals surface area (Å²) in [5.41, 5.74) is 5.55. The van der Waals surface area contributed by atoms with Crippen LogP contribution in [0.15, 0.2) is 12.2 Å². The highest BCUT2D eigenvalue weighted by Gasteiger charge is 1.96. The summed E-state index contributed by atoms with van der Waals surface area (Å²) in [6.07, 6.45) is 3.37. The van der Waals surface area contributed by atoms with Crippen LogP contribution in [-0.4, -0.2) is 18.9 Å². The molecule has 0 aromatic heterocycles. The van der Waals surface area contributed by atoms with Crippen molar-refractivity contribution in [2.24, 2.45) is 0 Å². The number of hydrogen-bond acceptors (Lipinski definition) is 3. The zero-order valence-electron chi connectivity index (χ0n) is 4.48. The Morgan fingerprint density at radius 3 is 3.25 bits per heavy atom. The highest BCUT2D eigenvalue weighted by Crippen LogP contribution is 1.76. The van der Waals surface area contributed by atoms with E-state index in [1.807, 2.05) is 0 Å². The van der Waals surface area contributed by atoms with E-state index in [1.165, 1.54) is 0 Å². The highest BCUT2D eigenvalue weighted by molar-refractivity contribution is 5.91. The van der Waals surface area contributed by atoms with Gasteiger partial charge >= 0.3 is 0 Å². The van der Waals surface area contributed by atoms with Crippen molar-refractivity contribution in [2.45, 2.75) is 0 Å². The molecule has 1 heterocycles. The van der Waals surface area contributed by atoms with E-state index in [0.717, 1.165) is 6.54 Å². The molecule has 0 radical (unpaired) electrons. The molecule has 3 nitrogen and oxygen atoms in total. The number of hydrogen-bond donors (Lipinski definition) is 2. The van der Waals surface area contributed by atoms with Gasteiger partial charge in [-0.15, -0.1) is 0 Å². The summed E-state index contributed by atoms with van der Waals surface area (Å²) in [6.45, 7) is 1.13. The molecule has 3 heteroatoms. The molecule has 0 spiro atoms. The molecular weight excluding hydrogens is 104 g/mol. The van der Waals surface area contributed by atoms with E-state index in [2.05, 4.69) is 10.9 Å². The third kappa shape index (κ3) is 1.44. The van der Waals surface area contributed by atoms with Crippen LogP contribution in [0.5, 0.6) is 0 Å². The molecule has 1 aliphatic heterocycles. The fourth-order valence-electron chi connectivity index (χ4n) is 0.530. The Labute approximate surface area is 47.7 Å². The summed E-state index contributed by atoms with van der Waals surface area (Å²) in [7, 11) is 0. The summed E-state index contributed by atoms with van der Waals surface area (Å²) in [4.78, 5) is 10.5. The fraction of sp³-hybridized carbons (Fsp3) is 0.400. The van der Waals surface area contributed by atoms with E-state index in [9.17, 15) is 4.79 Å². The first kappa shape index (κ1) is 5.47. The van der Waals surface area contributed by atoms with Gasteiger partial charge in [-0.1, -0.05) is 6.08 Å². The predicted octanol–water partition coefficient (Wildman–Crippen LogP) is -0.781. The molecule has 0 atom stereocenters. The Kier molecular flexibility index (Phi) is 1.77. The van der Waals surface area contributed by atoms with Gasteiger partial charge in [0.25, 0.3) is 0 Å². The maximum absolute atomic E-state index is 10.5. The van der Waals surface area contributed by atoms with Gasteiger partial charge in [-0.25, -0.2) is 5.43 Å². The molecule has 0 saturated heterocycles. The van der Waals surface area contributed by atoms with E-state index in [1.54, 1.807) is 12.2 Å². The number of nitrogens with one attached hydrogen (secondary N) is 2. The second-order valence-corrected chi connectivity index (χ2v) is 1.60. The van der Waals surface area contributed by atoms with Crippen LogP contribution in [0, 0.1) is 0 Å². The minimum absolute atomic E-state index is 0.120. The molecule has 0 saturated carbocycles. The molecule has 0 aromatic rings. The van der Waals surface area contributed by atoms with Gasteiger partial charge in [-0.3, -0.25) is 10.2 Å². The van der Waals surface area contributed by atoms with Gasteiger partial charge in [0, 0.05) is 6.54 Å². The lowest BCUT2D eigenvalue weighted by Gasteiger charge is -1.95. The van der Waals surface area contributed by atoms with Crippen molar-refractivity contribution < 1.29 is 4.79 Å². The van der Waals surface area contributed by atoms with E-state index in [0.29, 0.717) is 6.54 Å². The lowest BCUT2D eigenvalue weighted by atomic mass is 10.4. The first-order valence-electron chi connectivity index (χ1n) is 2.55. The Morgan fingerprint density at radius 1 is 1.50 bits per heavy atom. The first-order chi connectivity index (χ1) is 3.89. The maximum atomic E-state index is 10.5. The quantitative estimate of drug-likeness (QED) is 0.432. The Bertz CT molecular complexity index is 120. The van der Waals surface area contributed by atoms with Crippen LogP contribution < -0.4 is 10.9 Å². The lowest BCUT2D eigenvalue weighted by molar-refractivity contribution is -0.113. The van der Waals surface area contributed by atoms with Gasteiger partial charge < -0.3 is 0 Å². The normalized spacial score (nSPS) is 20.8. The minimum atomic E-state index is 0.120. The molecule has 44 valence electrons. The van der Waals surface area contributed by atoms with Crippen molar-refractivity contribution in [3.8, 4) is 0 Å². The van der Waals surface area contributed by atoms with Gasteiger partial charge in [0.2, 0.25) is 0 Å². The zero-order valence-corrected chi connectivity index (χ0v) is 4.48. The molecule has 1 rings (SSSR count). The third-order valence-electron chi connectivity index (χ3n) is 0.911. The number of hydrazine groups is 1. The summed E-state index contributed by atoms with van der Waals surface area (Å²) >= 11 is 0. The predicted molar refractivity (Wildman–Crippen MR) is 30.2 cm³/mol. The monoisotopic (exact) mass is 112 g/mol. The summed E-state index contributed by atoms with van der Waals surface area (Å²) < 4.78 is 0. The number of carbonyl (C=O) groups is 1. The minimum Gasteiger partial charge on any atom is -0.293 e. The summed E-state index contributed by atoms with van der Waals surface area (Å²) in [5.74, 6) is 0.120. The van der Waals surface area contributed by atoms with E-state index in [-0.39, 0.29) is 5.78 Å². The third-order valence-corrected chi connectivity index (χ3v) is 0.911. The SMILES string of the molecule is O=C1C=CCNNC1. The van der Waals surface area contributed by atoms with Crippen molar-refractivity contribution in [2.75, 3.05) is 13.1 Å². The number of carbonyl (C=O) groups excluding carboxylic acids is 1. The fourth-order valence-corrected chi connectivity index (χ4v) is 0.530. The molecule has 0 bridgehead atoms. The van der Waals surface area contributed by atoms with E-state index in [4.69, 9.17) is 0 Å². The molecule has 0 fully saturated rings. The molecule has 0 aromatic carbocycles. The van der Waals surface area contributed by atoms with Crippen LogP contribution >= 0.6 is 0 Å². The van der Waals surface area contributed by atoms with Crippen molar-refractivity contribution in [1.29, 1.82) is 0 Å². The summed E-state index contributed by atoms with van der Waals surface area (Å²) in [6, 6.07) is 0. The molecule has 2 N–H and O–H groups in total.